The van der Waals surface area contributed by atoms with E-state index in [1.54, 1.807) is 0 Å². The first kappa shape index (κ1) is 16.9. The summed E-state index contributed by atoms with van der Waals surface area (Å²) in [5.41, 5.74) is 3.95. The first-order valence-electron chi connectivity index (χ1n) is 6.05. The van der Waals surface area contributed by atoms with E-state index >= 15 is 0 Å². The molecule has 2 aromatic rings. The molecule has 1 aliphatic rings. The number of rotatable bonds is 2. The van der Waals surface area contributed by atoms with E-state index < -0.39 is 0 Å². The van der Waals surface area contributed by atoms with Crippen molar-refractivity contribution in [3.63, 3.8) is 0 Å². The normalized spacial score (nSPS) is 18.3. The fraction of sp³-hybridized carbons (Fsp3) is 0.267. The van der Waals surface area contributed by atoms with Gasteiger partial charge in [0.05, 0.1) is 0 Å². The maximum Gasteiger partial charge on any atom is 2.00 e. The fourth-order valence-corrected chi connectivity index (χ4v) is 2.75. The van der Waals surface area contributed by atoms with Crippen molar-refractivity contribution < 1.29 is 45.8 Å². The minimum atomic E-state index is 0. The number of benzene rings is 1. The van der Waals surface area contributed by atoms with Crippen molar-refractivity contribution in [1.29, 1.82) is 0 Å². The molecule has 0 saturated carbocycles. The van der Waals surface area contributed by atoms with Crippen LogP contribution in [-0.4, -0.2) is 23.0 Å². The third-order valence-electron chi connectivity index (χ3n) is 3.50. The molecular weight excluding hydrogens is 442 g/mol. The molecule has 0 saturated heterocycles. The molecule has 4 heteroatoms. The number of fused-ring (bicyclic) bond motifs is 3. The van der Waals surface area contributed by atoms with Gasteiger partial charge < -0.3 is 29.0 Å². The number of aromatic amines is 1. The summed E-state index contributed by atoms with van der Waals surface area (Å²) >= 11 is 0. The van der Waals surface area contributed by atoms with Gasteiger partial charge in [0.2, 0.25) is 0 Å². The van der Waals surface area contributed by atoms with Gasteiger partial charge in [-0.25, -0.2) is 0 Å². The Hall–Kier alpha value is -0.148. The molecule has 2 nitrogen and oxygen atoms in total. The number of halogens is 1. The van der Waals surface area contributed by atoms with Crippen molar-refractivity contribution >= 4 is 10.9 Å². The maximum absolute atomic E-state index is 4.26. The Morgan fingerprint density at radius 3 is 2.89 bits per heavy atom. The van der Waals surface area contributed by atoms with Gasteiger partial charge in [0.15, 0.2) is 0 Å². The van der Waals surface area contributed by atoms with Crippen LogP contribution in [0.1, 0.15) is 18.6 Å². The molecule has 1 atom stereocenters. The first-order chi connectivity index (χ1) is 8.29. The Bertz CT molecular complexity index is 570. The number of hydrogen-bond donors (Lipinski definition) is 1. The van der Waals surface area contributed by atoms with Gasteiger partial charge in [-0.1, -0.05) is 24.3 Å². The number of nitrogens with zero attached hydrogens (tertiary/aromatic N) is 1. The van der Waals surface area contributed by atoms with E-state index in [1.807, 2.05) is 6.08 Å². The smallest absolute Gasteiger partial charge is 1.00 e. The van der Waals surface area contributed by atoms with E-state index in [0.717, 1.165) is 19.6 Å². The minimum Gasteiger partial charge on any atom is -1.00 e. The molecule has 1 aromatic heterocycles. The van der Waals surface area contributed by atoms with Crippen LogP contribution in [0, 0.1) is 6.92 Å². The van der Waals surface area contributed by atoms with Gasteiger partial charge in [-0.15, -0.1) is 6.58 Å². The number of H-pyrrole nitrogens is 1. The Balaban J connectivity index is 0.00000120. The Labute approximate surface area is 146 Å². The molecule has 1 aromatic carbocycles. The van der Waals surface area contributed by atoms with E-state index in [1.165, 1.54) is 22.2 Å². The molecule has 0 aliphatic carbocycles. The standard InChI is InChI=1S/C15H17N2.HI.Pd.H2/c1-3-8-17-9-11(2)15-13(10-17)12-6-4-5-7-14(12)16-15;;;/h3-7,11,16H,1-2,8-10H2;1H;;1H/q;;+2;/p-1/t11-;;;/m0.../s1. The van der Waals surface area contributed by atoms with E-state index in [9.17, 15) is 0 Å². The fourth-order valence-electron chi connectivity index (χ4n) is 2.75. The van der Waals surface area contributed by atoms with Gasteiger partial charge in [0.25, 0.3) is 0 Å². The molecule has 3 rings (SSSR count). The molecule has 0 spiro atoms. The molecule has 19 heavy (non-hydrogen) atoms. The Kier molecular flexibility index (Phi) is 6.26. The van der Waals surface area contributed by atoms with Crippen molar-refractivity contribution in [2.75, 3.05) is 13.1 Å². The van der Waals surface area contributed by atoms with E-state index in [2.05, 4.69) is 47.7 Å². The van der Waals surface area contributed by atoms with Crippen LogP contribution in [0.2, 0.25) is 0 Å². The monoisotopic (exact) mass is 460 g/mol. The van der Waals surface area contributed by atoms with Crippen molar-refractivity contribution in [3.8, 4) is 0 Å². The third-order valence-corrected chi connectivity index (χ3v) is 3.50. The number of nitrogens with one attached hydrogen (secondary N) is 1. The van der Waals surface area contributed by atoms with Gasteiger partial charge in [-0.3, -0.25) is 4.90 Å². The molecule has 0 amide bonds. The molecule has 1 aliphatic heterocycles. The summed E-state index contributed by atoms with van der Waals surface area (Å²) in [5, 5.41) is 1.34. The molecule has 105 valence electrons. The number of hydrogen-bond acceptors (Lipinski definition) is 1. The van der Waals surface area contributed by atoms with Crippen molar-refractivity contribution in [2.45, 2.75) is 12.5 Å². The molecular formula is C15H19IN2Pd+. The summed E-state index contributed by atoms with van der Waals surface area (Å²) in [6.45, 7) is 11.0. The predicted molar refractivity (Wildman–Crippen MR) is 74.0 cm³/mol. The maximum atomic E-state index is 4.26. The van der Waals surface area contributed by atoms with E-state index in [-0.39, 0.29) is 45.8 Å². The van der Waals surface area contributed by atoms with E-state index in [0.29, 0.717) is 5.92 Å². The largest absolute Gasteiger partial charge is 2.00 e. The second-order valence-corrected chi connectivity index (χ2v) is 4.74. The summed E-state index contributed by atoms with van der Waals surface area (Å²) in [4.78, 5) is 5.91. The Morgan fingerprint density at radius 2 is 2.16 bits per heavy atom. The number of para-hydroxylation sites is 1. The molecule has 1 N–H and O–H groups in total. The number of aromatic nitrogens is 1. The van der Waals surface area contributed by atoms with Gasteiger partial charge in [0, 0.05) is 43.6 Å². The van der Waals surface area contributed by atoms with Crippen molar-refractivity contribution in [3.05, 3.63) is 55.1 Å². The zero-order valence-corrected chi connectivity index (χ0v) is 14.4. The quantitative estimate of drug-likeness (QED) is 0.389. The summed E-state index contributed by atoms with van der Waals surface area (Å²) < 4.78 is 0. The molecule has 2 heterocycles. The summed E-state index contributed by atoms with van der Waals surface area (Å²) in [5.74, 6) is 0.325. The van der Waals surface area contributed by atoms with Gasteiger partial charge >= 0.3 is 20.4 Å². The summed E-state index contributed by atoms with van der Waals surface area (Å²) in [6.07, 6.45) is 1.96. The first-order valence-corrected chi connectivity index (χ1v) is 6.05. The second kappa shape index (κ2) is 7.03. The van der Waals surface area contributed by atoms with Crippen LogP contribution in [0.3, 0.4) is 0 Å². The van der Waals surface area contributed by atoms with Crippen LogP contribution in [0.15, 0.2) is 36.9 Å². The SMILES string of the molecule is [CH2][C@H]1CN(CC=C)Cc2c1[nH]c1ccccc21.[HH].[I-].[Pd+2]. The molecule has 0 bridgehead atoms. The van der Waals surface area contributed by atoms with E-state index in [4.69, 9.17) is 0 Å². The zero-order valence-electron chi connectivity index (χ0n) is 10.6. The van der Waals surface area contributed by atoms with Crippen LogP contribution < -0.4 is 24.0 Å². The van der Waals surface area contributed by atoms with Crippen LogP contribution in [-0.2, 0) is 27.0 Å². The van der Waals surface area contributed by atoms with Gasteiger partial charge in [-0.2, -0.15) is 0 Å². The average molecular weight is 461 g/mol. The van der Waals surface area contributed by atoms with Crippen LogP contribution in [0.4, 0.5) is 0 Å². The molecule has 0 unspecified atom stereocenters. The van der Waals surface area contributed by atoms with Crippen molar-refractivity contribution in [1.82, 2.24) is 9.88 Å². The average Bonchev–Trinajstić information content (AvgIpc) is 2.69. The third kappa shape index (κ3) is 3.13. The topological polar surface area (TPSA) is 19.0 Å². The minimum absolute atomic E-state index is 0. The van der Waals surface area contributed by atoms with Crippen LogP contribution in [0.25, 0.3) is 10.9 Å². The summed E-state index contributed by atoms with van der Waals surface area (Å²) in [6, 6.07) is 8.50. The van der Waals surface area contributed by atoms with Gasteiger partial charge in [0.1, 0.15) is 0 Å². The predicted octanol–water partition coefficient (Wildman–Crippen LogP) is 0.335. The Morgan fingerprint density at radius 1 is 1.42 bits per heavy atom. The van der Waals surface area contributed by atoms with Crippen LogP contribution >= 0.6 is 0 Å². The molecule has 0 fully saturated rings. The van der Waals surface area contributed by atoms with Crippen molar-refractivity contribution in [2.24, 2.45) is 0 Å². The molecule has 1 radical (unpaired) electrons. The van der Waals surface area contributed by atoms with Crippen LogP contribution in [0.5, 0.6) is 0 Å². The summed E-state index contributed by atoms with van der Waals surface area (Å²) in [7, 11) is 0. The second-order valence-electron chi connectivity index (χ2n) is 4.74. The van der Waals surface area contributed by atoms with Gasteiger partial charge in [-0.05, 0) is 18.6 Å². The zero-order chi connectivity index (χ0) is 11.8.